The third-order valence-electron chi connectivity index (χ3n) is 8.52. The average molecular weight is 729 g/mol. The van der Waals surface area contributed by atoms with Gasteiger partial charge < -0.3 is 55.0 Å². The number of aliphatic imine (C=N–C) groups is 3. The monoisotopic (exact) mass is 728 g/mol. The number of fused-ring (bicyclic) bond motifs is 1. The number of rotatable bonds is 12. The van der Waals surface area contributed by atoms with Crippen LogP contribution in [-0.4, -0.2) is 90.3 Å². The zero-order valence-electron chi connectivity index (χ0n) is 29.3. The number of carbonyl (C=O) groups is 4. The first kappa shape index (κ1) is 39.4. The van der Waals surface area contributed by atoms with Crippen LogP contribution in [0.2, 0.25) is 0 Å². The van der Waals surface area contributed by atoms with Gasteiger partial charge in [0.1, 0.15) is 36.3 Å². The number of hydrogen-bond acceptors (Lipinski definition) is 9. The molecule has 17 nitrogen and oxygen atoms in total. The molecule has 4 rings (SSSR count). The van der Waals surface area contributed by atoms with Crippen LogP contribution in [0.15, 0.2) is 81.7 Å². The lowest BCUT2D eigenvalue weighted by Crippen LogP contribution is -2.58. The Morgan fingerprint density at radius 2 is 1.17 bits per heavy atom. The quantitative estimate of drug-likeness (QED) is 0.0600. The molecule has 0 saturated heterocycles. The van der Waals surface area contributed by atoms with Crippen LogP contribution in [-0.2, 0) is 32.0 Å². The Labute approximate surface area is 306 Å². The fraction of sp³-hybridized carbons (Fsp3) is 0.361. The first-order chi connectivity index (χ1) is 25.4. The van der Waals surface area contributed by atoms with Crippen LogP contribution < -0.4 is 49.9 Å². The number of phenolic OH excluding ortho intramolecular Hbond substituents is 1. The van der Waals surface area contributed by atoms with Crippen molar-refractivity contribution < 1.29 is 24.3 Å². The van der Waals surface area contributed by atoms with Crippen molar-refractivity contribution in [2.45, 2.75) is 62.7 Å². The summed E-state index contributed by atoms with van der Waals surface area (Å²) in [6.45, 7) is -0.0843. The molecule has 1 aliphatic rings. The van der Waals surface area contributed by atoms with Gasteiger partial charge in [-0.1, -0.05) is 54.6 Å². The van der Waals surface area contributed by atoms with E-state index < -0.39 is 54.3 Å². The predicted molar refractivity (Wildman–Crippen MR) is 203 cm³/mol. The highest BCUT2D eigenvalue weighted by Crippen LogP contribution is 2.17. The van der Waals surface area contributed by atoms with Crippen molar-refractivity contribution in [3.8, 4) is 5.75 Å². The Kier molecular flexibility index (Phi) is 14.3. The number of benzene rings is 3. The Balaban J connectivity index is 1.70. The van der Waals surface area contributed by atoms with Gasteiger partial charge in [0.05, 0.1) is 6.04 Å². The van der Waals surface area contributed by atoms with E-state index in [-0.39, 0.29) is 62.3 Å². The van der Waals surface area contributed by atoms with Crippen molar-refractivity contribution >= 4 is 52.2 Å². The minimum atomic E-state index is -1.15. The molecule has 15 N–H and O–H groups in total. The number of nitrogens with one attached hydrogen (secondary N) is 4. The largest absolute Gasteiger partial charge is 0.508 e. The first-order valence-corrected chi connectivity index (χ1v) is 17.2. The summed E-state index contributed by atoms with van der Waals surface area (Å²) in [4.78, 5) is 67.3. The Bertz CT molecular complexity index is 1840. The fourth-order valence-electron chi connectivity index (χ4n) is 5.78. The molecule has 0 radical (unpaired) electrons. The Morgan fingerprint density at radius 1 is 0.660 bits per heavy atom. The summed E-state index contributed by atoms with van der Waals surface area (Å²) in [6.07, 6.45) is 1.09. The highest BCUT2D eigenvalue weighted by molar-refractivity contribution is 5.97. The molecular formula is C36H48N12O5. The second-order valence-corrected chi connectivity index (χ2v) is 12.7. The van der Waals surface area contributed by atoms with E-state index in [1.54, 1.807) is 12.1 Å². The zero-order chi connectivity index (χ0) is 38.3. The van der Waals surface area contributed by atoms with Crippen molar-refractivity contribution in [1.82, 2.24) is 21.3 Å². The second-order valence-electron chi connectivity index (χ2n) is 12.7. The molecule has 17 heteroatoms. The normalized spacial score (nSPS) is 20.0. The highest BCUT2D eigenvalue weighted by atomic mass is 16.3. The van der Waals surface area contributed by atoms with E-state index in [2.05, 4.69) is 36.2 Å². The molecular weight excluding hydrogens is 680 g/mol. The van der Waals surface area contributed by atoms with E-state index in [1.165, 1.54) is 12.1 Å². The Morgan fingerprint density at radius 3 is 1.75 bits per heavy atom. The van der Waals surface area contributed by atoms with Crippen LogP contribution in [0, 0.1) is 0 Å². The topological polar surface area (TPSA) is 304 Å². The summed E-state index contributed by atoms with van der Waals surface area (Å²) in [5, 5.41) is 22.9. The molecule has 4 amide bonds. The van der Waals surface area contributed by atoms with Gasteiger partial charge in [-0.2, -0.15) is 0 Å². The molecule has 0 saturated carbocycles. The average Bonchev–Trinajstić information content (AvgIpc) is 3.12. The minimum Gasteiger partial charge on any atom is -0.508 e. The summed E-state index contributed by atoms with van der Waals surface area (Å²) >= 11 is 0. The molecule has 0 aliphatic carbocycles. The number of guanidine groups is 2. The summed E-state index contributed by atoms with van der Waals surface area (Å²) in [5.41, 5.74) is 29.9. The molecule has 0 bridgehead atoms. The molecule has 1 aliphatic heterocycles. The first-order valence-electron chi connectivity index (χ1n) is 17.2. The molecule has 282 valence electrons. The van der Waals surface area contributed by atoms with Gasteiger partial charge in [-0.3, -0.25) is 34.2 Å². The van der Waals surface area contributed by atoms with E-state index >= 15 is 0 Å². The van der Waals surface area contributed by atoms with Gasteiger partial charge in [-0.05, 0) is 66.1 Å². The number of nitrogens with zero attached hydrogens (tertiary/aromatic N) is 3. The molecule has 0 unspecified atom stereocenters. The predicted octanol–water partition coefficient (Wildman–Crippen LogP) is -1.25. The van der Waals surface area contributed by atoms with Gasteiger partial charge >= 0.3 is 0 Å². The van der Waals surface area contributed by atoms with Crippen LogP contribution in [0.25, 0.3) is 10.8 Å². The molecule has 0 aromatic heterocycles. The van der Waals surface area contributed by atoms with E-state index in [0.717, 1.165) is 16.3 Å². The lowest BCUT2D eigenvalue weighted by atomic mass is 10.00. The maximum atomic E-state index is 14.0. The molecule has 1 heterocycles. The van der Waals surface area contributed by atoms with Gasteiger partial charge in [0, 0.05) is 19.5 Å². The summed E-state index contributed by atoms with van der Waals surface area (Å²) < 4.78 is 0. The van der Waals surface area contributed by atoms with Crippen molar-refractivity contribution in [3.63, 3.8) is 0 Å². The van der Waals surface area contributed by atoms with Crippen molar-refractivity contribution in [2.75, 3.05) is 19.6 Å². The van der Waals surface area contributed by atoms with E-state index in [9.17, 15) is 24.3 Å². The maximum absolute atomic E-state index is 14.0. The molecule has 3 aromatic carbocycles. The highest BCUT2D eigenvalue weighted by Gasteiger charge is 2.31. The number of hydrogen-bond donors (Lipinski definition) is 10. The van der Waals surface area contributed by atoms with E-state index in [4.69, 9.17) is 28.7 Å². The molecule has 4 atom stereocenters. The fourth-order valence-corrected chi connectivity index (χ4v) is 5.78. The van der Waals surface area contributed by atoms with Crippen molar-refractivity contribution in [3.05, 3.63) is 77.9 Å². The van der Waals surface area contributed by atoms with Crippen LogP contribution in [0.4, 0.5) is 0 Å². The van der Waals surface area contributed by atoms with Crippen molar-refractivity contribution in [1.29, 1.82) is 0 Å². The number of amides is 4. The van der Waals surface area contributed by atoms with Gasteiger partial charge in [0.15, 0.2) is 11.9 Å². The smallest absolute Gasteiger partial charge is 0.243 e. The summed E-state index contributed by atoms with van der Waals surface area (Å²) in [5.74, 6) is -2.75. The number of aromatic hydroxyl groups is 1. The third-order valence-corrected chi connectivity index (χ3v) is 8.52. The van der Waals surface area contributed by atoms with Crippen LogP contribution in [0.1, 0.15) is 36.8 Å². The Hall–Kier alpha value is -6.39. The second kappa shape index (κ2) is 19.3. The maximum Gasteiger partial charge on any atom is 0.243 e. The zero-order valence-corrected chi connectivity index (χ0v) is 29.3. The number of phenols is 1. The van der Waals surface area contributed by atoms with Crippen LogP contribution >= 0.6 is 0 Å². The van der Waals surface area contributed by atoms with Gasteiger partial charge in [-0.25, -0.2) is 0 Å². The molecule has 53 heavy (non-hydrogen) atoms. The lowest BCUT2D eigenvalue weighted by Gasteiger charge is -2.26. The lowest BCUT2D eigenvalue weighted by molar-refractivity contribution is -0.133. The minimum absolute atomic E-state index is 0.0252. The standard InChI is InChI=1S/C36H48N12O5/c37-31-28(19-22-9-12-23-5-1-2-6-24(23)17-22)48-33(52)27(8-4-16-43-36(40)41)46-32(51)26(7-3-15-42-35(38)39)47-34(53)29(45-30(50)20-44-31)18-21-10-13-25(49)14-11-21/h1-2,5-6,9-14,17,26-29,49H,3-4,7-8,15-16,18-20H2,(H2,37,44)(H,45,50)(H,46,51)(H,47,53)(H,48,52)(H4,38,39,42)(H4,40,41,43)/t26-,27-,28+,29-/m0/s1. The van der Waals surface area contributed by atoms with Gasteiger partial charge in [-0.15, -0.1) is 0 Å². The van der Waals surface area contributed by atoms with E-state index in [1.807, 2.05) is 42.5 Å². The third kappa shape index (κ3) is 12.7. The number of nitrogens with two attached hydrogens (primary N) is 5. The number of carbonyl (C=O) groups excluding carboxylic acids is 4. The van der Waals surface area contributed by atoms with Crippen LogP contribution in [0.5, 0.6) is 5.75 Å². The number of amidine groups is 1. The van der Waals surface area contributed by atoms with Gasteiger partial charge in [0.25, 0.3) is 0 Å². The summed E-state index contributed by atoms with van der Waals surface area (Å²) in [6, 6.07) is 15.5. The molecule has 0 fully saturated rings. The SMILES string of the molecule is NC(N)=NCCC[C@@H]1NC(=O)[C@H](Cc2ccc(O)cc2)NC(=O)CN=C(N)[C@@H](Cc2ccc3ccccc3c2)NC(=O)[C@H](CCCN=C(N)N)NC1=O. The molecule has 0 spiro atoms. The molecule has 3 aromatic rings. The van der Waals surface area contributed by atoms with Gasteiger partial charge in [0.2, 0.25) is 23.6 Å². The van der Waals surface area contributed by atoms with Crippen LogP contribution in [0.3, 0.4) is 0 Å². The summed E-state index contributed by atoms with van der Waals surface area (Å²) in [7, 11) is 0. The van der Waals surface area contributed by atoms with E-state index in [0.29, 0.717) is 18.4 Å². The van der Waals surface area contributed by atoms with Crippen molar-refractivity contribution in [2.24, 2.45) is 43.6 Å².